The van der Waals surface area contributed by atoms with Gasteiger partial charge in [0, 0.05) is 39.3 Å². The van der Waals surface area contributed by atoms with Crippen molar-refractivity contribution in [3.05, 3.63) is 23.4 Å². The molecule has 0 fully saturated rings. The average Bonchev–Trinajstić information content (AvgIpc) is 2.34. The summed E-state index contributed by atoms with van der Waals surface area (Å²) in [6.07, 6.45) is 0.459. The Labute approximate surface area is 102 Å². The highest BCUT2D eigenvalue weighted by atomic mass is 16.1. The molecule has 0 saturated carbocycles. The Kier molecular flexibility index (Phi) is 4.90. The topological polar surface area (TPSA) is 71.2 Å². The first kappa shape index (κ1) is 13.4. The number of amides is 1. The molecule has 0 aliphatic heterocycles. The summed E-state index contributed by atoms with van der Waals surface area (Å²) in [5, 5.41) is 2.60. The molecule has 0 saturated heterocycles. The molecule has 17 heavy (non-hydrogen) atoms. The number of carbonyl (C=O) groups is 1. The minimum absolute atomic E-state index is 0.0311. The van der Waals surface area contributed by atoms with E-state index in [4.69, 9.17) is 5.73 Å². The van der Waals surface area contributed by atoms with Gasteiger partial charge in [-0.1, -0.05) is 0 Å². The van der Waals surface area contributed by atoms with E-state index in [0.717, 1.165) is 17.1 Å². The largest absolute Gasteiger partial charge is 0.359 e. The first-order valence-electron chi connectivity index (χ1n) is 5.66. The Morgan fingerprint density at radius 3 is 2.82 bits per heavy atom. The van der Waals surface area contributed by atoms with Crippen molar-refractivity contribution in [3.63, 3.8) is 0 Å². The number of hydrogen-bond donors (Lipinski definition) is 2. The summed E-state index contributed by atoms with van der Waals surface area (Å²) in [5.74, 6) is 0.887. The summed E-state index contributed by atoms with van der Waals surface area (Å²) in [6, 6.07) is 3.92. The summed E-state index contributed by atoms with van der Waals surface area (Å²) < 4.78 is 0. The normalized spacial score (nSPS) is 10.1. The predicted molar refractivity (Wildman–Crippen MR) is 68.8 cm³/mol. The fourth-order valence-corrected chi connectivity index (χ4v) is 1.54. The van der Waals surface area contributed by atoms with E-state index in [1.54, 1.807) is 7.05 Å². The molecule has 0 radical (unpaired) electrons. The van der Waals surface area contributed by atoms with Gasteiger partial charge in [0.2, 0.25) is 5.91 Å². The third kappa shape index (κ3) is 4.03. The summed E-state index contributed by atoms with van der Waals surface area (Å²) in [4.78, 5) is 17.5. The average molecular weight is 236 g/mol. The molecule has 1 amide bonds. The van der Waals surface area contributed by atoms with Crippen molar-refractivity contribution >= 4 is 11.7 Å². The van der Waals surface area contributed by atoms with Gasteiger partial charge in [0.1, 0.15) is 5.82 Å². The molecule has 5 nitrogen and oxygen atoms in total. The lowest BCUT2D eigenvalue weighted by Gasteiger charge is -2.19. The summed E-state index contributed by atoms with van der Waals surface area (Å²) >= 11 is 0. The zero-order valence-electron chi connectivity index (χ0n) is 10.7. The van der Waals surface area contributed by atoms with E-state index >= 15 is 0 Å². The number of nitrogens with zero attached hydrogens (tertiary/aromatic N) is 2. The Balaban J connectivity index is 2.71. The number of pyridine rings is 1. The Hall–Kier alpha value is -1.62. The maximum absolute atomic E-state index is 11.2. The van der Waals surface area contributed by atoms with Crippen LogP contribution in [0, 0.1) is 6.92 Å². The van der Waals surface area contributed by atoms with Crippen LogP contribution < -0.4 is 16.0 Å². The molecule has 0 unspecified atom stereocenters. The maximum atomic E-state index is 11.2. The minimum atomic E-state index is 0.0311. The number of nitrogens with two attached hydrogens (primary N) is 1. The van der Waals surface area contributed by atoms with Crippen LogP contribution in [0.4, 0.5) is 5.82 Å². The second kappa shape index (κ2) is 6.20. The van der Waals surface area contributed by atoms with E-state index in [-0.39, 0.29) is 5.91 Å². The molecule has 3 N–H and O–H groups in total. The lowest BCUT2D eigenvalue weighted by atomic mass is 10.2. The van der Waals surface area contributed by atoms with Crippen LogP contribution in [0.1, 0.15) is 17.7 Å². The Bertz CT molecular complexity index is 392. The van der Waals surface area contributed by atoms with Crippen molar-refractivity contribution < 1.29 is 4.79 Å². The van der Waals surface area contributed by atoms with E-state index in [0.29, 0.717) is 19.5 Å². The van der Waals surface area contributed by atoms with Crippen LogP contribution in [-0.4, -0.2) is 31.5 Å². The van der Waals surface area contributed by atoms with Crippen molar-refractivity contribution in [2.75, 3.05) is 25.5 Å². The molecule has 0 aliphatic rings. The summed E-state index contributed by atoms with van der Waals surface area (Å²) in [5.41, 5.74) is 7.62. The molecule has 1 aromatic heterocycles. The predicted octanol–water partition coefficient (Wildman–Crippen LogP) is 0.421. The number of aromatic nitrogens is 1. The third-order valence-corrected chi connectivity index (χ3v) is 2.58. The van der Waals surface area contributed by atoms with E-state index in [1.807, 2.05) is 31.0 Å². The highest BCUT2D eigenvalue weighted by molar-refractivity contribution is 5.76. The molecule has 1 aromatic rings. The molecule has 94 valence electrons. The first-order valence-corrected chi connectivity index (χ1v) is 5.66. The maximum Gasteiger partial charge on any atom is 0.221 e. The van der Waals surface area contributed by atoms with Crippen molar-refractivity contribution in [2.24, 2.45) is 5.73 Å². The number of rotatable bonds is 5. The van der Waals surface area contributed by atoms with Crippen LogP contribution in [0.3, 0.4) is 0 Å². The fraction of sp³-hybridized carbons (Fsp3) is 0.500. The number of anilines is 1. The highest BCUT2D eigenvalue weighted by Gasteiger charge is 2.06. The zero-order valence-corrected chi connectivity index (χ0v) is 10.7. The first-order chi connectivity index (χ1) is 8.06. The molecule has 0 bridgehead atoms. The van der Waals surface area contributed by atoms with Gasteiger partial charge in [0.25, 0.3) is 0 Å². The van der Waals surface area contributed by atoms with E-state index in [2.05, 4.69) is 10.3 Å². The van der Waals surface area contributed by atoms with E-state index in [1.165, 1.54) is 0 Å². The second-order valence-corrected chi connectivity index (χ2v) is 4.02. The number of carbonyl (C=O) groups excluding carboxylic acids is 1. The Morgan fingerprint density at radius 1 is 1.53 bits per heavy atom. The molecule has 5 heteroatoms. The fourth-order valence-electron chi connectivity index (χ4n) is 1.54. The number of aryl methyl sites for hydroxylation is 1. The molecule has 0 aliphatic carbocycles. The van der Waals surface area contributed by atoms with Crippen LogP contribution in [0.15, 0.2) is 12.1 Å². The lowest BCUT2D eigenvalue weighted by molar-refractivity contribution is -0.120. The smallest absolute Gasteiger partial charge is 0.221 e. The highest BCUT2D eigenvalue weighted by Crippen LogP contribution is 2.13. The van der Waals surface area contributed by atoms with Crippen LogP contribution >= 0.6 is 0 Å². The summed E-state index contributed by atoms with van der Waals surface area (Å²) in [6.45, 7) is 3.08. The number of hydrogen-bond acceptors (Lipinski definition) is 4. The van der Waals surface area contributed by atoms with E-state index < -0.39 is 0 Å². The van der Waals surface area contributed by atoms with Crippen LogP contribution in [0.2, 0.25) is 0 Å². The van der Waals surface area contributed by atoms with Gasteiger partial charge in [-0.05, 0) is 24.6 Å². The van der Waals surface area contributed by atoms with Gasteiger partial charge >= 0.3 is 0 Å². The minimum Gasteiger partial charge on any atom is -0.359 e. The molecule has 1 heterocycles. The molecular formula is C12H20N4O. The van der Waals surface area contributed by atoms with Crippen LogP contribution in [-0.2, 0) is 11.3 Å². The number of nitrogens with one attached hydrogen (secondary N) is 1. The second-order valence-electron chi connectivity index (χ2n) is 4.02. The molecule has 0 spiro atoms. The van der Waals surface area contributed by atoms with Crippen molar-refractivity contribution in [1.29, 1.82) is 0 Å². The molecule has 1 rings (SSSR count). The van der Waals surface area contributed by atoms with Crippen molar-refractivity contribution in [1.82, 2.24) is 10.3 Å². The van der Waals surface area contributed by atoms with Crippen LogP contribution in [0.5, 0.6) is 0 Å². The van der Waals surface area contributed by atoms with Gasteiger partial charge in [-0.15, -0.1) is 0 Å². The van der Waals surface area contributed by atoms with Crippen molar-refractivity contribution in [2.45, 2.75) is 19.9 Å². The summed E-state index contributed by atoms with van der Waals surface area (Å²) in [7, 11) is 3.56. The third-order valence-electron chi connectivity index (χ3n) is 2.58. The molecule has 0 atom stereocenters. The van der Waals surface area contributed by atoms with Crippen LogP contribution in [0.25, 0.3) is 0 Å². The standard InChI is InChI=1S/C12H20N4O/c1-9-6-10(8-13)7-11(15-9)16(3)5-4-12(17)14-2/h6-7H,4-5,8,13H2,1-3H3,(H,14,17). The van der Waals surface area contributed by atoms with Crippen molar-refractivity contribution in [3.8, 4) is 0 Å². The van der Waals surface area contributed by atoms with Gasteiger partial charge in [0.15, 0.2) is 0 Å². The SMILES string of the molecule is CNC(=O)CCN(C)c1cc(CN)cc(C)n1. The zero-order chi connectivity index (χ0) is 12.8. The monoisotopic (exact) mass is 236 g/mol. The lowest BCUT2D eigenvalue weighted by Crippen LogP contribution is -2.27. The quantitative estimate of drug-likeness (QED) is 0.777. The van der Waals surface area contributed by atoms with Gasteiger partial charge in [-0.3, -0.25) is 4.79 Å². The molecular weight excluding hydrogens is 216 g/mol. The Morgan fingerprint density at radius 2 is 2.24 bits per heavy atom. The van der Waals surface area contributed by atoms with E-state index in [9.17, 15) is 4.79 Å². The van der Waals surface area contributed by atoms with Gasteiger partial charge in [-0.2, -0.15) is 0 Å². The van der Waals surface area contributed by atoms with Gasteiger partial charge in [-0.25, -0.2) is 4.98 Å². The molecule has 0 aromatic carbocycles. The van der Waals surface area contributed by atoms with Gasteiger partial charge < -0.3 is 16.0 Å². The van der Waals surface area contributed by atoms with Gasteiger partial charge in [0.05, 0.1) is 0 Å².